The van der Waals surface area contributed by atoms with E-state index >= 15 is 0 Å². The van der Waals surface area contributed by atoms with Crippen LogP contribution in [0, 0.1) is 11.3 Å². The molecule has 2 amide bonds. The minimum Gasteiger partial charge on any atom is -0.495 e. The molecule has 5 nitrogen and oxygen atoms in total. The van der Waals surface area contributed by atoms with E-state index in [0.29, 0.717) is 23.5 Å². The Morgan fingerprint density at radius 1 is 1.48 bits per heavy atom. The summed E-state index contributed by atoms with van der Waals surface area (Å²) in [5.41, 5.74) is 2.21. The standard InChI is InChI=1S/C17H17N3O2S/c1-11-13-6-8-23-16(13)5-7-20(11)17(21)19-14-9-12(10-18)3-4-15(14)22-2/h3-4,6,8-9,11H,5,7H2,1-2H3,(H,19,21)/t11-/m1/s1. The van der Waals surface area contributed by atoms with Gasteiger partial charge in [0.25, 0.3) is 0 Å². The van der Waals surface area contributed by atoms with Crippen LogP contribution >= 0.6 is 11.3 Å². The first-order chi connectivity index (χ1) is 11.1. The number of nitrogens with one attached hydrogen (secondary N) is 1. The number of urea groups is 1. The molecule has 2 heterocycles. The minimum absolute atomic E-state index is 0.0372. The van der Waals surface area contributed by atoms with Crippen LogP contribution in [-0.2, 0) is 6.42 Å². The predicted molar refractivity (Wildman–Crippen MR) is 89.9 cm³/mol. The number of methoxy groups -OCH3 is 1. The Bertz CT molecular complexity index is 778. The number of nitrogens with zero attached hydrogens (tertiary/aromatic N) is 2. The van der Waals surface area contributed by atoms with E-state index in [1.807, 2.05) is 11.8 Å². The van der Waals surface area contributed by atoms with Crippen LogP contribution in [0.15, 0.2) is 29.6 Å². The summed E-state index contributed by atoms with van der Waals surface area (Å²) in [5, 5.41) is 14.0. The zero-order chi connectivity index (χ0) is 16.4. The summed E-state index contributed by atoms with van der Waals surface area (Å²) < 4.78 is 5.26. The van der Waals surface area contributed by atoms with Crippen molar-refractivity contribution in [3.05, 3.63) is 45.6 Å². The number of hydrogen-bond donors (Lipinski definition) is 1. The molecule has 0 fully saturated rings. The fourth-order valence-corrected chi connectivity index (χ4v) is 3.81. The van der Waals surface area contributed by atoms with E-state index in [-0.39, 0.29) is 12.1 Å². The lowest BCUT2D eigenvalue weighted by Crippen LogP contribution is -2.41. The molecule has 0 bridgehead atoms. The third-order valence-corrected chi connectivity index (χ3v) is 5.10. The van der Waals surface area contributed by atoms with E-state index in [9.17, 15) is 4.79 Å². The van der Waals surface area contributed by atoms with Gasteiger partial charge in [-0.2, -0.15) is 5.26 Å². The number of nitriles is 1. The van der Waals surface area contributed by atoms with Gasteiger partial charge in [-0.25, -0.2) is 4.79 Å². The molecular formula is C17H17N3O2S. The highest BCUT2D eigenvalue weighted by Gasteiger charge is 2.28. The average Bonchev–Trinajstić information content (AvgIpc) is 3.04. The Morgan fingerprint density at radius 2 is 2.30 bits per heavy atom. The topological polar surface area (TPSA) is 65.4 Å². The lowest BCUT2D eigenvalue weighted by Gasteiger charge is -2.33. The zero-order valence-corrected chi connectivity index (χ0v) is 13.8. The van der Waals surface area contributed by atoms with Crippen LogP contribution in [0.4, 0.5) is 10.5 Å². The molecule has 1 N–H and O–H groups in total. The van der Waals surface area contributed by atoms with E-state index in [2.05, 4.69) is 22.8 Å². The third-order valence-electron chi connectivity index (χ3n) is 4.11. The Kier molecular flexibility index (Phi) is 4.22. The van der Waals surface area contributed by atoms with Crippen LogP contribution in [0.25, 0.3) is 0 Å². The number of carbonyl (C=O) groups is 1. The number of amides is 2. The second-order valence-electron chi connectivity index (χ2n) is 5.38. The fraction of sp³-hybridized carbons (Fsp3) is 0.294. The normalized spacial score (nSPS) is 16.4. The number of thiophene rings is 1. The van der Waals surface area contributed by atoms with Gasteiger partial charge in [0, 0.05) is 11.4 Å². The van der Waals surface area contributed by atoms with Gasteiger partial charge in [-0.05, 0) is 48.6 Å². The van der Waals surface area contributed by atoms with Crippen molar-refractivity contribution in [1.82, 2.24) is 4.90 Å². The van der Waals surface area contributed by atoms with Crippen molar-refractivity contribution in [3.63, 3.8) is 0 Å². The van der Waals surface area contributed by atoms with E-state index in [1.54, 1.807) is 29.5 Å². The van der Waals surface area contributed by atoms with Crippen molar-refractivity contribution in [2.75, 3.05) is 19.0 Å². The van der Waals surface area contributed by atoms with Crippen LogP contribution in [0.1, 0.15) is 29.0 Å². The molecule has 0 saturated heterocycles. The summed E-state index contributed by atoms with van der Waals surface area (Å²) in [5.74, 6) is 0.540. The molecule has 0 radical (unpaired) electrons. The van der Waals surface area contributed by atoms with Crippen LogP contribution in [0.5, 0.6) is 5.75 Å². The van der Waals surface area contributed by atoms with E-state index in [4.69, 9.17) is 10.00 Å². The number of hydrogen-bond acceptors (Lipinski definition) is 4. The molecule has 1 atom stereocenters. The molecule has 0 spiro atoms. The second kappa shape index (κ2) is 6.31. The highest BCUT2D eigenvalue weighted by molar-refractivity contribution is 7.10. The maximum Gasteiger partial charge on any atom is 0.322 e. The molecule has 2 aromatic rings. The average molecular weight is 327 g/mol. The molecule has 118 valence electrons. The summed E-state index contributed by atoms with van der Waals surface area (Å²) in [4.78, 5) is 15.8. The van der Waals surface area contributed by atoms with Crippen molar-refractivity contribution >= 4 is 23.1 Å². The predicted octanol–water partition coefficient (Wildman–Crippen LogP) is 3.78. The number of ether oxygens (including phenoxy) is 1. The number of benzene rings is 1. The zero-order valence-electron chi connectivity index (χ0n) is 13.0. The highest BCUT2D eigenvalue weighted by atomic mass is 32.1. The van der Waals surface area contributed by atoms with Crippen molar-refractivity contribution in [1.29, 1.82) is 5.26 Å². The molecule has 1 aromatic heterocycles. The van der Waals surface area contributed by atoms with Gasteiger partial charge >= 0.3 is 6.03 Å². The Balaban J connectivity index is 1.82. The molecule has 23 heavy (non-hydrogen) atoms. The molecule has 0 saturated carbocycles. The van der Waals surface area contributed by atoms with Crippen molar-refractivity contribution < 1.29 is 9.53 Å². The van der Waals surface area contributed by atoms with Gasteiger partial charge in [0.2, 0.25) is 0 Å². The van der Waals surface area contributed by atoms with Gasteiger partial charge in [-0.1, -0.05) is 0 Å². The van der Waals surface area contributed by atoms with E-state index in [1.165, 1.54) is 17.6 Å². The highest BCUT2D eigenvalue weighted by Crippen LogP contribution is 2.34. The molecule has 3 rings (SSSR count). The Labute approximate surface area is 139 Å². The summed E-state index contributed by atoms with van der Waals surface area (Å²) >= 11 is 1.74. The van der Waals surface area contributed by atoms with Gasteiger partial charge in [-0.3, -0.25) is 0 Å². The Morgan fingerprint density at radius 3 is 3.04 bits per heavy atom. The lowest BCUT2D eigenvalue weighted by atomic mass is 10.0. The summed E-state index contributed by atoms with van der Waals surface area (Å²) in [6, 6.07) is 8.99. The van der Waals surface area contributed by atoms with E-state index < -0.39 is 0 Å². The fourth-order valence-electron chi connectivity index (χ4n) is 2.85. The molecule has 1 aromatic carbocycles. The third kappa shape index (κ3) is 2.88. The van der Waals surface area contributed by atoms with Crippen molar-refractivity contribution in [3.8, 4) is 11.8 Å². The lowest BCUT2D eigenvalue weighted by molar-refractivity contribution is 0.189. The first kappa shape index (κ1) is 15.4. The van der Waals surface area contributed by atoms with Gasteiger partial charge < -0.3 is 15.0 Å². The van der Waals surface area contributed by atoms with Crippen LogP contribution in [0.3, 0.4) is 0 Å². The maximum atomic E-state index is 12.7. The molecule has 6 heteroatoms. The maximum absolute atomic E-state index is 12.7. The summed E-state index contributed by atoms with van der Waals surface area (Å²) in [6.45, 7) is 2.72. The molecule has 0 aliphatic carbocycles. The van der Waals surface area contributed by atoms with E-state index in [0.717, 1.165) is 6.42 Å². The quantitative estimate of drug-likeness (QED) is 0.913. The molecule has 1 aliphatic rings. The number of rotatable bonds is 2. The van der Waals surface area contributed by atoms with Gasteiger partial charge in [0.05, 0.1) is 30.5 Å². The second-order valence-corrected chi connectivity index (χ2v) is 6.38. The SMILES string of the molecule is COc1ccc(C#N)cc1NC(=O)N1CCc2sccc2[C@H]1C. The number of fused-ring (bicyclic) bond motifs is 1. The summed E-state index contributed by atoms with van der Waals surface area (Å²) in [7, 11) is 1.54. The summed E-state index contributed by atoms with van der Waals surface area (Å²) in [6.07, 6.45) is 0.875. The first-order valence-electron chi connectivity index (χ1n) is 7.36. The molecule has 0 unspecified atom stereocenters. The van der Waals surface area contributed by atoms with Crippen LogP contribution in [-0.4, -0.2) is 24.6 Å². The van der Waals surface area contributed by atoms with Gasteiger partial charge in [0.15, 0.2) is 0 Å². The molecule has 1 aliphatic heterocycles. The smallest absolute Gasteiger partial charge is 0.322 e. The van der Waals surface area contributed by atoms with Gasteiger partial charge in [0.1, 0.15) is 5.75 Å². The van der Waals surface area contributed by atoms with Gasteiger partial charge in [-0.15, -0.1) is 11.3 Å². The number of anilines is 1. The molecular weight excluding hydrogens is 310 g/mol. The Hall–Kier alpha value is -2.52. The van der Waals surface area contributed by atoms with Crippen LogP contribution < -0.4 is 10.1 Å². The van der Waals surface area contributed by atoms with Crippen LogP contribution in [0.2, 0.25) is 0 Å². The van der Waals surface area contributed by atoms with Crippen molar-refractivity contribution in [2.45, 2.75) is 19.4 Å². The number of carbonyl (C=O) groups excluding carboxylic acids is 1. The minimum atomic E-state index is -0.178. The van der Waals surface area contributed by atoms with Crippen molar-refractivity contribution in [2.24, 2.45) is 0 Å². The largest absolute Gasteiger partial charge is 0.495 e. The monoisotopic (exact) mass is 327 g/mol. The first-order valence-corrected chi connectivity index (χ1v) is 8.24.